The summed E-state index contributed by atoms with van der Waals surface area (Å²) in [5, 5.41) is 0.118. The van der Waals surface area contributed by atoms with Crippen molar-refractivity contribution >= 4 is 17.7 Å². The third kappa shape index (κ3) is 2.58. The van der Waals surface area contributed by atoms with Gasteiger partial charge in [-0.25, -0.2) is 0 Å². The molecule has 0 saturated heterocycles. The molecule has 0 heterocycles. The van der Waals surface area contributed by atoms with Crippen LogP contribution in [0.25, 0.3) is 0 Å². The average Bonchev–Trinajstić information content (AvgIpc) is 2.00. The van der Waals surface area contributed by atoms with Crippen molar-refractivity contribution in [2.24, 2.45) is 5.73 Å². The number of methoxy groups -OCH3 is 1. The molecule has 2 N–H and O–H groups in total. The Morgan fingerprint density at radius 1 is 1.70 bits per heavy atom. The largest absolute Gasteiger partial charge is 0.468 e. The quantitative estimate of drug-likeness (QED) is 0.605. The number of hydrogen-bond acceptors (Lipinski definition) is 4. The highest BCUT2D eigenvalue weighted by molar-refractivity contribution is 7.99. The zero-order valence-electron chi connectivity index (χ0n) is 6.46. The highest BCUT2D eigenvalue weighted by Gasteiger charge is 2.19. The summed E-state index contributed by atoms with van der Waals surface area (Å²) in [4.78, 5) is 10.8. The number of rotatable bonds is 3. The molecule has 0 aromatic heterocycles. The Kier molecular flexibility index (Phi) is 4.47. The predicted octanol–water partition coefficient (Wildman–Crippen LogP) is 0.238. The van der Waals surface area contributed by atoms with E-state index >= 15 is 0 Å². The van der Waals surface area contributed by atoms with Crippen molar-refractivity contribution in [1.82, 2.24) is 0 Å². The highest BCUT2D eigenvalue weighted by atomic mass is 32.2. The van der Waals surface area contributed by atoms with E-state index in [1.54, 1.807) is 11.8 Å². The first-order chi connectivity index (χ1) is 4.63. The van der Waals surface area contributed by atoms with Crippen LogP contribution in [0.3, 0.4) is 0 Å². The number of ether oxygens (including phenoxy) is 1. The third-order valence-corrected chi connectivity index (χ3v) is 2.39. The maximum atomic E-state index is 10.8. The lowest BCUT2D eigenvalue weighted by molar-refractivity contribution is -0.142. The van der Waals surface area contributed by atoms with E-state index in [0.717, 1.165) is 0 Å². The molecule has 0 saturated carbocycles. The minimum absolute atomic E-state index is 0.118. The normalized spacial score (nSPS) is 16.0. The van der Waals surface area contributed by atoms with E-state index in [0.29, 0.717) is 0 Å². The van der Waals surface area contributed by atoms with E-state index in [-0.39, 0.29) is 11.2 Å². The SMILES string of the molecule is COC(=O)C(N)C(C)SC. The van der Waals surface area contributed by atoms with Crippen LogP contribution in [0.5, 0.6) is 0 Å². The molecule has 2 unspecified atom stereocenters. The second-order valence-corrected chi connectivity index (χ2v) is 3.20. The molecule has 2 atom stereocenters. The molecule has 0 aromatic rings. The standard InChI is InChI=1S/C6H13NO2S/c1-4(10-3)5(7)6(8)9-2/h4-5H,7H2,1-3H3. The first-order valence-corrected chi connectivity index (χ1v) is 4.28. The van der Waals surface area contributed by atoms with E-state index in [2.05, 4.69) is 4.74 Å². The molecular weight excluding hydrogens is 150 g/mol. The molecule has 10 heavy (non-hydrogen) atoms. The molecule has 3 nitrogen and oxygen atoms in total. The number of nitrogens with two attached hydrogens (primary N) is 1. The van der Waals surface area contributed by atoms with Crippen molar-refractivity contribution in [2.45, 2.75) is 18.2 Å². The number of hydrogen-bond donors (Lipinski definition) is 1. The molecule has 0 aliphatic rings. The molecular formula is C6H13NO2S. The maximum Gasteiger partial charge on any atom is 0.323 e. The van der Waals surface area contributed by atoms with Crippen LogP contribution >= 0.6 is 11.8 Å². The van der Waals surface area contributed by atoms with Crippen molar-refractivity contribution in [3.63, 3.8) is 0 Å². The second kappa shape index (κ2) is 4.57. The monoisotopic (exact) mass is 163 g/mol. The number of carbonyl (C=O) groups excluding carboxylic acids is 1. The van der Waals surface area contributed by atoms with Crippen LogP contribution < -0.4 is 5.73 Å². The van der Waals surface area contributed by atoms with Gasteiger partial charge in [0.2, 0.25) is 0 Å². The second-order valence-electron chi connectivity index (χ2n) is 1.99. The topological polar surface area (TPSA) is 52.3 Å². The van der Waals surface area contributed by atoms with Crippen molar-refractivity contribution in [2.75, 3.05) is 13.4 Å². The third-order valence-electron chi connectivity index (χ3n) is 1.35. The van der Waals surface area contributed by atoms with Crippen molar-refractivity contribution in [3.8, 4) is 0 Å². The molecule has 0 radical (unpaired) electrons. The molecule has 4 heteroatoms. The lowest BCUT2D eigenvalue weighted by atomic mass is 10.2. The first-order valence-electron chi connectivity index (χ1n) is 2.99. The lowest BCUT2D eigenvalue weighted by Crippen LogP contribution is -2.39. The summed E-state index contributed by atoms with van der Waals surface area (Å²) >= 11 is 1.55. The number of esters is 1. The fourth-order valence-electron chi connectivity index (χ4n) is 0.474. The van der Waals surface area contributed by atoms with Gasteiger partial charge in [-0.2, -0.15) is 11.8 Å². The summed E-state index contributed by atoms with van der Waals surface area (Å²) in [7, 11) is 1.34. The van der Waals surface area contributed by atoms with Gasteiger partial charge in [0.15, 0.2) is 0 Å². The van der Waals surface area contributed by atoms with Crippen LogP contribution in [0.1, 0.15) is 6.92 Å². The zero-order chi connectivity index (χ0) is 8.15. The minimum atomic E-state index is -0.500. The van der Waals surface area contributed by atoms with E-state index in [1.165, 1.54) is 7.11 Å². The molecule has 0 fully saturated rings. The predicted molar refractivity (Wildman–Crippen MR) is 43.0 cm³/mol. The molecule has 0 aromatic carbocycles. The summed E-state index contributed by atoms with van der Waals surface area (Å²) in [5.41, 5.74) is 5.49. The summed E-state index contributed by atoms with van der Waals surface area (Å²) < 4.78 is 4.46. The van der Waals surface area contributed by atoms with Crippen LogP contribution in [-0.4, -0.2) is 30.6 Å². The van der Waals surface area contributed by atoms with Crippen LogP contribution in [0.2, 0.25) is 0 Å². The summed E-state index contributed by atoms with van der Waals surface area (Å²) in [6.07, 6.45) is 1.91. The lowest BCUT2D eigenvalue weighted by Gasteiger charge is -2.14. The van der Waals surface area contributed by atoms with Crippen LogP contribution in [0.15, 0.2) is 0 Å². The fraction of sp³-hybridized carbons (Fsp3) is 0.833. The molecule has 0 aliphatic heterocycles. The minimum Gasteiger partial charge on any atom is -0.468 e. The Morgan fingerprint density at radius 2 is 2.20 bits per heavy atom. The van der Waals surface area contributed by atoms with Crippen molar-refractivity contribution < 1.29 is 9.53 Å². The van der Waals surface area contributed by atoms with Crippen molar-refractivity contribution in [3.05, 3.63) is 0 Å². The Hall–Kier alpha value is -0.220. The van der Waals surface area contributed by atoms with Gasteiger partial charge in [-0.3, -0.25) is 4.79 Å². The molecule has 0 spiro atoms. The Bertz CT molecular complexity index is 118. The Morgan fingerprint density at radius 3 is 2.50 bits per heavy atom. The van der Waals surface area contributed by atoms with E-state index in [1.807, 2.05) is 13.2 Å². The fourth-order valence-corrected chi connectivity index (χ4v) is 0.879. The number of thioether (sulfide) groups is 1. The van der Waals surface area contributed by atoms with E-state index in [9.17, 15) is 4.79 Å². The van der Waals surface area contributed by atoms with Gasteiger partial charge in [0, 0.05) is 5.25 Å². The summed E-state index contributed by atoms with van der Waals surface area (Å²) in [6, 6.07) is -0.500. The summed E-state index contributed by atoms with van der Waals surface area (Å²) in [5.74, 6) is -0.346. The van der Waals surface area contributed by atoms with Crippen LogP contribution in [0.4, 0.5) is 0 Å². The van der Waals surface area contributed by atoms with Gasteiger partial charge in [0.1, 0.15) is 6.04 Å². The average molecular weight is 163 g/mol. The number of carbonyl (C=O) groups is 1. The van der Waals surface area contributed by atoms with Gasteiger partial charge in [-0.1, -0.05) is 6.92 Å². The zero-order valence-corrected chi connectivity index (χ0v) is 7.27. The maximum absolute atomic E-state index is 10.8. The Labute approximate surface area is 65.3 Å². The van der Waals surface area contributed by atoms with Gasteiger partial charge in [0.05, 0.1) is 7.11 Å². The van der Waals surface area contributed by atoms with Crippen LogP contribution in [-0.2, 0) is 9.53 Å². The molecule has 0 aliphatic carbocycles. The summed E-state index contributed by atoms with van der Waals surface area (Å²) in [6.45, 7) is 1.90. The van der Waals surface area contributed by atoms with Gasteiger partial charge in [0.25, 0.3) is 0 Å². The molecule has 0 amide bonds. The highest BCUT2D eigenvalue weighted by Crippen LogP contribution is 2.08. The Balaban J connectivity index is 3.81. The van der Waals surface area contributed by atoms with Gasteiger partial charge in [-0.15, -0.1) is 0 Å². The van der Waals surface area contributed by atoms with Crippen LogP contribution in [0, 0.1) is 0 Å². The van der Waals surface area contributed by atoms with Crippen molar-refractivity contribution in [1.29, 1.82) is 0 Å². The molecule has 0 rings (SSSR count). The molecule has 0 bridgehead atoms. The van der Waals surface area contributed by atoms with Gasteiger partial charge < -0.3 is 10.5 Å². The van der Waals surface area contributed by atoms with Gasteiger partial charge >= 0.3 is 5.97 Å². The van der Waals surface area contributed by atoms with E-state index in [4.69, 9.17) is 5.73 Å². The molecule has 60 valence electrons. The first kappa shape index (κ1) is 9.78. The smallest absolute Gasteiger partial charge is 0.323 e. The van der Waals surface area contributed by atoms with E-state index < -0.39 is 6.04 Å². The van der Waals surface area contributed by atoms with Gasteiger partial charge in [-0.05, 0) is 6.26 Å².